The number of aryl methyl sites for hydroxylation is 5. The maximum Gasteiger partial charge on any atom is 0.183 e. The minimum absolute atomic E-state index is 0.0204. The Kier molecular flexibility index (Phi) is 5.77. The smallest absolute Gasteiger partial charge is 0.183 e. The third-order valence-electron chi connectivity index (χ3n) is 6.23. The van der Waals surface area contributed by atoms with Crippen molar-refractivity contribution in [2.45, 2.75) is 52.4 Å². The van der Waals surface area contributed by atoms with Crippen molar-refractivity contribution in [2.75, 3.05) is 0 Å². The first-order valence-corrected chi connectivity index (χ1v) is 10.9. The van der Waals surface area contributed by atoms with E-state index in [4.69, 9.17) is 0 Å². The molecule has 0 aliphatic heterocycles. The summed E-state index contributed by atoms with van der Waals surface area (Å²) in [4.78, 5) is 22.5. The van der Waals surface area contributed by atoms with Gasteiger partial charge in [0.2, 0.25) is 0 Å². The van der Waals surface area contributed by atoms with Crippen molar-refractivity contribution in [3.05, 3.63) is 69.9 Å². The second kappa shape index (κ2) is 8.50. The van der Waals surface area contributed by atoms with E-state index in [0.717, 1.165) is 30.4 Å². The van der Waals surface area contributed by atoms with Crippen molar-refractivity contribution in [2.24, 2.45) is 7.05 Å². The summed E-state index contributed by atoms with van der Waals surface area (Å²) in [5, 5.41) is 14.3. The quantitative estimate of drug-likeness (QED) is 0.619. The third kappa shape index (κ3) is 4.18. The summed E-state index contributed by atoms with van der Waals surface area (Å²) in [6.45, 7) is 3.03. The van der Waals surface area contributed by atoms with Gasteiger partial charge in [-0.1, -0.05) is 24.3 Å². The maximum absolute atomic E-state index is 11.4. The lowest BCUT2D eigenvalue weighted by Crippen LogP contribution is -1.97. The van der Waals surface area contributed by atoms with Gasteiger partial charge in [0.1, 0.15) is 5.69 Å². The summed E-state index contributed by atoms with van der Waals surface area (Å²) < 4.78 is 1.57. The van der Waals surface area contributed by atoms with E-state index in [1.54, 1.807) is 18.7 Å². The molecule has 5 heteroatoms. The number of benzene rings is 2. The Morgan fingerprint density at radius 1 is 0.839 bits per heavy atom. The van der Waals surface area contributed by atoms with Crippen LogP contribution in [-0.2, 0) is 32.7 Å². The zero-order valence-corrected chi connectivity index (χ0v) is 18.4. The van der Waals surface area contributed by atoms with Gasteiger partial charge in [0.05, 0.1) is 0 Å². The number of aromatic nitrogens is 2. The average Bonchev–Trinajstić information content (AvgIpc) is 3.45. The zero-order valence-electron chi connectivity index (χ0n) is 18.4. The van der Waals surface area contributed by atoms with Gasteiger partial charge in [-0.15, -0.1) is 0 Å². The van der Waals surface area contributed by atoms with Crippen LogP contribution < -0.4 is 0 Å². The minimum atomic E-state index is -0.222. The van der Waals surface area contributed by atoms with E-state index in [1.165, 1.54) is 48.4 Å². The van der Waals surface area contributed by atoms with Crippen molar-refractivity contribution in [1.29, 1.82) is 0 Å². The monoisotopic (exact) mass is 416 g/mol. The van der Waals surface area contributed by atoms with Crippen LogP contribution >= 0.6 is 0 Å². The van der Waals surface area contributed by atoms with Gasteiger partial charge >= 0.3 is 0 Å². The van der Waals surface area contributed by atoms with E-state index in [2.05, 4.69) is 23.3 Å². The Morgan fingerprint density at radius 2 is 1.42 bits per heavy atom. The number of fused-ring (bicyclic) bond motifs is 2. The topological polar surface area (TPSA) is 72.2 Å². The highest BCUT2D eigenvalue weighted by molar-refractivity contribution is 5.97. The van der Waals surface area contributed by atoms with Gasteiger partial charge in [-0.2, -0.15) is 5.10 Å². The second-order valence-electron chi connectivity index (χ2n) is 8.46. The summed E-state index contributed by atoms with van der Waals surface area (Å²) in [6, 6.07) is 12.3. The fraction of sp³-hybridized carbons (Fsp3) is 0.346. The first-order valence-electron chi connectivity index (χ1n) is 10.9. The average molecular weight is 417 g/mol. The summed E-state index contributed by atoms with van der Waals surface area (Å²) >= 11 is 0. The highest BCUT2D eigenvalue weighted by Gasteiger charge is 2.21. The van der Waals surface area contributed by atoms with Crippen molar-refractivity contribution in [3.8, 4) is 17.0 Å². The minimum Gasteiger partial charge on any atom is -0.504 e. The highest BCUT2D eigenvalue weighted by Crippen LogP contribution is 2.34. The van der Waals surface area contributed by atoms with Crippen LogP contribution in [0.2, 0.25) is 0 Å². The largest absolute Gasteiger partial charge is 0.504 e. The lowest BCUT2D eigenvalue weighted by molar-refractivity contribution is 0.1000. The standard InChI is InChI=1S/C15H16N2O2.C11H12O/c1-9(18)13-15(19)14(17(2)16-13)12-7-6-10-4-3-5-11(10)8-12;1-8(12)10-6-5-9-3-2-4-11(9)7-10/h6-8,19H,3-5H2,1-2H3;5-7H,2-4H2,1H3. The number of ketones is 2. The van der Waals surface area contributed by atoms with Gasteiger partial charge in [-0.3, -0.25) is 14.3 Å². The molecular formula is C26H28N2O3. The van der Waals surface area contributed by atoms with Crippen molar-refractivity contribution in [3.63, 3.8) is 0 Å². The predicted molar refractivity (Wildman–Crippen MR) is 121 cm³/mol. The Labute approximate surface area is 182 Å². The van der Waals surface area contributed by atoms with E-state index in [9.17, 15) is 14.7 Å². The number of carbonyl (C=O) groups is 2. The molecule has 3 aromatic rings. The molecule has 0 saturated carbocycles. The number of Topliss-reactive ketones (excluding diaryl/α,β-unsaturated/α-hetero) is 2. The van der Waals surface area contributed by atoms with Crippen molar-refractivity contribution < 1.29 is 14.7 Å². The number of rotatable bonds is 3. The fourth-order valence-electron chi connectivity index (χ4n) is 4.58. The highest BCUT2D eigenvalue weighted by atomic mass is 16.3. The summed E-state index contributed by atoms with van der Waals surface area (Å²) in [6.07, 6.45) is 6.99. The van der Waals surface area contributed by atoms with Crippen LogP contribution in [0.4, 0.5) is 0 Å². The molecule has 1 heterocycles. The first kappa shape index (κ1) is 21.0. The summed E-state index contributed by atoms with van der Waals surface area (Å²) in [5.41, 5.74) is 8.05. The summed E-state index contributed by atoms with van der Waals surface area (Å²) in [7, 11) is 1.74. The molecule has 160 valence electrons. The Balaban J connectivity index is 0.000000166. The van der Waals surface area contributed by atoms with Crippen LogP contribution in [0.3, 0.4) is 0 Å². The third-order valence-corrected chi connectivity index (χ3v) is 6.23. The molecule has 0 atom stereocenters. The normalized spacial score (nSPS) is 13.9. The second-order valence-corrected chi connectivity index (χ2v) is 8.46. The number of hydrogen-bond donors (Lipinski definition) is 1. The maximum atomic E-state index is 11.4. The van der Waals surface area contributed by atoms with Crippen LogP contribution in [0.1, 0.15) is 69.8 Å². The lowest BCUT2D eigenvalue weighted by atomic mass is 10.0. The van der Waals surface area contributed by atoms with E-state index in [-0.39, 0.29) is 23.0 Å². The number of carbonyl (C=O) groups excluding carboxylic acids is 2. The molecule has 5 nitrogen and oxygen atoms in total. The molecule has 31 heavy (non-hydrogen) atoms. The van der Waals surface area contributed by atoms with Gasteiger partial charge < -0.3 is 5.11 Å². The van der Waals surface area contributed by atoms with Crippen LogP contribution in [0.25, 0.3) is 11.3 Å². The molecule has 2 aliphatic carbocycles. The van der Waals surface area contributed by atoms with Gasteiger partial charge in [0.15, 0.2) is 23.0 Å². The fourth-order valence-corrected chi connectivity index (χ4v) is 4.58. The molecule has 0 radical (unpaired) electrons. The van der Waals surface area contributed by atoms with Crippen LogP contribution in [0, 0.1) is 0 Å². The van der Waals surface area contributed by atoms with Crippen LogP contribution in [0.15, 0.2) is 36.4 Å². The zero-order chi connectivity index (χ0) is 22.1. The van der Waals surface area contributed by atoms with Gasteiger partial charge in [-0.25, -0.2) is 0 Å². The number of aromatic hydroxyl groups is 1. The molecule has 0 amide bonds. The molecule has 2 aromatic carbocycles. The van der Waals surface area contributed by atoms with E-state index in [0.29, 0.717) is 5.69 Å². The Bertz CT molecular complexity index is 1170. The van der Waals surface area contributed by atoms with Gasteiger partial charge in [0.25, 0.3) is 0 Å². The first-order chi connectivity index (χ1) is 14.8. The van der Waals surface area contributed by atoms with E-state index in [1.807, 2.05) is 18.2 Å². The van der Waals surface area contributed by atoms with Crippen LogP contribution in [-0.4, -0.2) is 26.5 Å². The Hall–Kier alpha value is -3.21. The molecule has 0 spiro atoms. The molecule has 0 unspecified atom stereocenters. The molecule has 1 N–H and O–H groups in total. The molecule has 0 bridgehead atoms. The molecular weight excluding hydrogens is 388 g/mol. The van der Waals surface area contributed by atoms with Gasteiger partial charge in [-0.05, 0) is 79.8 Å². The SMILES string of the molecule is CC(=O)c1ccc2c(c1)CCC2.CC(=O)c1nn(C)c(-c2ccc3c(c2)CCC3)c1O. The van der Waals surface area contributed by atoms with E-state index >= 15 is 0 Å². The Morgan fingerprint density at radius 3 is 2.00 bits per heavy atom. The number of nitrogens with zero attached hydrogens (tertiary/aromatic N) is 2. The molecule has 1 aromatic heterocycles. The summed E-state index contributed by atoms with van der Waals surface area (Å²) in [5.74, 6) is -0.0712. The molecule has 0 saturated heterocycles. The van der Waals surface area contributed by atoms with Crippen molar-refractivity contribution >= 4 is 11.6 Å². The lowest BCUT2D eigenvalue weighted by Gasteiger charge is -2.06. The molecule has 5 rings (SSSR count). The van der Waals surface area contributed by atoms with Crippen molar-refractivity contribution in [1.82, 2.24) is 9.78 Å². The predicted octanol–water partition coefficient (Wildman–Crippen LogP) is 4.86. The number of hydrogen-bond acceptors (Lipinski definition) is 4. The van der Waals surface area contributed by atoms with Crippen LogP contribution in [0.5, 0.6) is 5.75 Å². The van der Waals surface area contributed by atoms with Gasteiger partial charge in [0, 0.05) is 25.1 Å². The van der Waals surface area contributed by atoms with E-state index < -0.39 is 0 Å². The molecule has 0 fully saturated rings. The molecule has 2 aliphatic rings.